The fraction of sp³-hybridized carbons (Fsp3) is 0.444. The second-order valence-corrected chi connectivity index (χ2v) is 4.12. The van der Waals surface area contributed by atoms with Gasteiger partial charge < -0.3 is 5.32 Å². The lowest BCUT2D eigenvalue weighted by Crippen LogP contribution is -2.25. The van der Waals surface area contributed by atoms with Crippen LogP contribution in [0.2, 0.25) is 10.0 Å². The van der Waals surface area contributed by atoms with Crippen molar-refractivity contribution in [3.8, 4) is 0 Å². The van der Waals surface area contributed by atoms with Crippen LogP contribution in [-0.2, 0) is 5.54 Å². The van der Waals surface area contributed by atoms with E-state index in [-0.39, 0.29) is 5.54 Å². The largest absolute Gasteiger partial charge is 0.310 e. The van der Waals surface area contributed by atoms with Crippen LogP contribution < -0.4 is 5.32 Å². The van der Waals surface area contributed by atoms with E-state index in [4.69, 9.17) is 23.2 Å². The van der Waals surface area contributed by atoms with E-state index >= 15 is 0 Å². The van der Waals surface area contributed by atoms with E-state index in [1.165, 1.54) is 0 Å². The van der Waals surface area contributed by atoms with Crippen molar-refractivity contribution in [2.75, 3.05) is 7.05 Å². The molecule has 13 heavy (non-hydrogen) atoms. The lowest BCUT2D eigenvalue weighted by Gasteiger charge is -2.17. The van der Waals surface area contributed by atoms with Crippen LogP contribution in [0.4, 0.5) is 0 Å². The molecule has 2 nitrogen and oxygen atoms in total. The molecule has 1 aromatic heterocycles. The molecule has 0 aromatic carbocycles. The number of hydrogen-bond acceptors (Lipinski definition) is 2. The number of pyridine rings is 1. The molecule has 0 unspecified atom stereocenters. The Kier molecular flexibility index (Phi) is 2.22. The first kappa shape index (κ1) is 9.25. The SMILES string of the molecule is CNC1(c2c(Cl)cncc2Cl)CC1. The van der Waals surface area contributed by atoms with Gasteiger partial charge in [0.05, 0.1) is 10.0 Å². The quantitative estimate of drug-likeness (QED) is 0.823. The molecule has 1 aliphatic rings. The zero-order chi connectivity index (χ0) is 9.47. The van der Waals surface area contributed by atoms with Crippen LogP contribution in [0.1, 0.15) is 18.4 Å². The number of aromatic nitrogens is 1. The highest BCUT2D eigenvalue weighted by Crippen LogP contribution is 2.49. The van der Waals surface area contributed by atoms with Gasteiger partial charge in [0.15, 0.2) is 0 Å². The molecule has 1 N–H and O–H groups in total. The molecule has 0 bridgehead atoms. The molecule has 0 radical (unpaired) electrons. The first-order chi connectivity index (χ1) is 6.19. The Balaban J connectivity index is 2.50. The van der Waals surface area contributed by atoms with Crippen molar-refractivity contribution >= 4 is 23.2 Å². The molecule has 4 heteroatoms. The number of halogens is 2. The van der Waals surface area contributed by atoms with E-state index in [0.29, 0.717) is 10.0 Å². The molecular weight excluding hydrogens is 207 g/mol. The van der Waals surface area contributed by atoms with E-state index < -0.39 is 0 Å². The summed E-state index contributed by atoms with van der Waals surface area (Å²) in [7, 11) is 1.93. The molecule has 1 aliphatic carbocycles. The van der Waals surface area contributed by atoms with Gasteiger partial charge in [-0.05, 0) is 19.9 Å². The third-order valence-electron chi connectivity index (χ3n) is 2.56. The fourth-order valence-electron chi connectivity index (χ4n) is 1.62. The molecule has 70 valence electrons. The zero-order valence-electron chi connectivity index (χ0n) is 7.27. The number of nitrogens with one attached hydrogen (secondary N) is 1. The van der Waals surface area contributed by atoms with Gasteiger partial charge in [0, 0.05) is 23.5 Å². The summed E-state index contributed by atoms with van der Waals surface area (Å²) in [6.45, 7) is 0. The Labute approximate surface area is 87.3 Å². The van der Waals surface area contributed by atoms with E-state index in [1.807, 2.05) is 7.05 Å². The Morgan fingerprint density at radius 1 is 1.31 bits per heavy atom. The molecule has 0 saturated heterocycles. The summed E-state index contributed by atoms with van der Waals surface area (Å²) in [6.07, 6.45) is 5.46. The molecule has 1 saturated carbocycles. The summed E-state index contributed by atoms with van der Waals surface area (Å²) in [4.78, 5) is 3.93. The molecule has 1 fully saturated rings. The van der Waals surface area contributed by atoms with Crippen molar-refractivity contribution in [2.45, 2.75) is 18.4 Å². The molecule has 2 rings (SSSR count). The standard InChI is InChI=1S/C9H10Cl2N2/c1-12-9(2-3-9)8-6(10)4-13-5-7(8)11/h4-5,12H,2-3H2,1H3. The molecule has 1 heterocycles. The van der Waals surface area contributed by atoms with Gasteiger partial charge in [-0.25, -0.2) is 0 Å². The second kappa shape index (κ2) is 3.12. The number of rotatable bonds is 2. The van der Waals surface area contributed by atoms with Crippen molar-refractivity contribution < 1.29 is 0 Å². The Morgan fingerprint density at radius 3 is 2.23 bits per heavy atom. The van der Waals surface area contributed by atoms with Crippen LogP contribution in [0.3, 0.4) is 0 Å². The average Bonchev–Trinajstić information content (AvgIpc) is 2.85. The van der Waals surface area contributed by atoms with Crippen LogP contribution in [-0.4, -0.2) is 12.0 Å². The Bertz CT molecular complexity index is 314. The van der Waals surface area contributed by atoms with Gasteiger partial charge in [-0.2, -0.15) is 0 Å². The third kappa shape index (κ3) is 1.43. The average molecular weight is 217 g/mol. The molecule has 0 atom stereocenters. The van der Waals surface area contributed by atoms with Gasteiger partial charge >= 0.3 is 0 Å². The lowest BCUT2D eigenvalue weighted by molar-refractivity contribution is 0.585. The van der Waals surface area contributed by atoms with Gasteiger partial charge in [0.1, 0.15) is 0 Å². The maximum atomic E-state index is 6.05. The predicted molar refractivity (Wildman–Crippen MR) is 54.2 cm³/mol. The van der Waals surface area contributed by atoms with Crippen LogP contribution in [0, 0.1) is 0 Å². The van der Waals surface area contributed by atoms with Crippen molar-refractivity contribution in [3.63, 3.8) is 0 Å². The van der Waals surface area contributed by atoms with Crippen molar-refractivity contribution in [3.05, 3.63) is 28.0 Å². The van der Waals surface area contributed by atoms with Crippen LogP contribution >= 0.6 is 23.2 Å². The van der Waals surface area contributed by atoms with Gasteiger partial charge in [-0.1, -0.05) is 23.2 Å². The van der Waals surface area contributed by atoms with Gasteiger partial charge in [-0.15, -0.1) is 0 Å². The normalized spacial score (nSPS) is 18.7. The summed E-state index contributed by atoms with van der Waals surface area (Å²) >= 11 is 12.1. The Hall–Kier alpha value is -0.310. The Morgan fingerprint density at radius 2 is 1.85 bits per heavy atom. The summed E-state index contributed by atoms with van der Waals surface area (Å²) in [5.74, 6) is 0. The minimum atomic E-state index is 0.0110. The maximum Gasteiger partial charge on any atom is 0.0654 e. The predicted octanol–water partition coefficient (Wildman–Crippen LogP) is 2.60. The highest BCUT2D eigenvalue weighted by Gasteiger charge is 2.45. The zero-order valence-corrected chi connectivity index (χ0v) is 8.78. The molecule has 0 amide bonds. The van der Waals surface area contributed by atoms with Gasteiger partial charge in [0.25, 0.3) is 0 Å². The highest BCUT2D eigenvalue weighted by atomic mass is 35.5. The van der Waals surface area contributed by atoms with E-state index in [2.05, 4.69) is 10.3 Å². The summed E-state index contributed by atoms with van der Waals surface area (Å²) < 4.78 is 0. The first-order valence-corrected chi connectivity index (χ1v) is 4.93. The lowest BCUT2D eigenvalue weighted by atomic mass is 10.1. The number of hydrogen-bond donors (Lipinski definition) is 1. The first-order valence-electron chi connectivity index (χ1n) is 4.18. The molecule has 0 aliphatic heterocycles. The van der Waals surface area contributed by atoms with Crippen LogP contribution in [0.15, 0.2) is 12.4 Å². The minimum absolute atomic E-state index is 0.0110. The van der Waals surface area contributed by atoms with Crippen molar-refractivity contribution in [1.82, 2.24) is 10.3 Å². The summed E-state index contributed by atoms with van der Waals surface area (Å²) in [5, 5.41) is 4.56. The number of nitrogens with zero attached hydrogens (tertiary/aromatic N) is 1. The molecule has 0 spiro atoms. The second-order valence-electron chi connectivity index (χ2n) is 3.31. The van der Waals surface area contributed by atoms with Crippen molar-refractivity contribution in [2.24, 2.45) is 0 Å². The van der Waals surface area contributed by atoms with E-state index in [9.17, 15) is 0 Å². The molecular formula is C9H10Cl2N2. The minimum Gasteiger partial charge on any atom is -0.310 e. The van der Waals surface area contributed by atoms with Crippen LogP contribution in [0.25, 0.3) is 0 Å². The van der Waals surface area contributed by atoms with E-state index in [0.717, 1.165) is 18.4 Å². The summed E-state index contributed by atoms with van der Waals surface area (Å²) in [5.41, 5.74) is 1.00. The monoisotopic (exact) mass is 216 g/mol. The third-order valence-corrected chi connectivity index (χ3v) is 3.13. The highest BCUT2D eigenvalue weighted by molar-refractivity contribution is 6.36. The topological polar surface area (TPSA) is 24.9 Å². The van der Waals surface area contributed by atoms with E-state index in [1.54, 1.807) is 12.4 Å². The van der Waals surface area contributed by atoms with Gasteiger partial charge in [0.2, 0.25) is 0 Å². The smallest absolute Gasteiger partial charge is 0.0654 e. The summed E-state index contributed by atoms with van der Waals surface area (Å²) in [6, 6.07) is 0. The fourth-order valence-corrected chi connectivity index (χ4v) is 2.34. The maximum absolute atomic E-state index is 6.05. The van der Waals surface area contributed by atoms with Gasteiger partial charge in [-0.3, -0.25) is 4.98 Å². The van der Waals surface area contributed by atoms with Crippen molar-refractivity contribution in [1.29, 1.82) is 0 Å². The van der Waals surface area contributed by atoms with Crippen LogP contribution in [0.5, 0.6) is 0 Å². The molecule has 1 aromatic rings.